The van der Waals surface area contributed by atoms with E-state index < -0.39 is 29.0 Å². The molecule has 6 nitrogen and oxygen atoms in total. The van der Waals surface area contributed by atoms with Gasteiger partial charge in [0.2, 0.25) is 5.91 Å². The fourth-order valence-corrected chi connectivity index (χ4v) is 1.36. The molecule has 0 aromatic carbocycles. The number of rotatable bonds is 6. The van der Waals surface area contributed by atoms with Crippen LogP contribution in [0.15, 0.2) is 0 Å². The normalized spacial score (nSPS) is 14.1. The molecule has 7 heteroatoms. The maximum Gasteiger partial charge on any atom is 0.329 e. The van der Waals surface area contributed by atoms with E-state index in [1.807, 2.05) is 6.92 Å². The Kier molecular flexibility index (Phi) is 6.89. The molecular formula is C8H15NO5S. The first-order valence-electron chi connectivity index (χ1n) is 4.48. The minimum absolute atomic E-state index is 0.229. The first-order valence-corrected chi connectivity index (χ1v) is 5.76. The lowest BCUT2D eigenvalue weighted by Gasteiger charge is -2.14. The molecule has 0 radical (unpaired) electrons. The van der Waals surface area contributed by atoms with Crippen molar-refractivity contribution in [3.63, 3.8) is 0 Å². The number of esters is 1. The Bertz CT molecular complexity index is 239. The van der Waals surface area contributed by atoms with Crippen molar-refractivity contribution in [2.45, 2.75) is 26.3 Å². The van der Waals surface area contributed by atoms with Crippen LogP contribution in [0.1, 0.15) is 20.3 Å². The molecule has 2 N–H and O–H groups in total. The molecule has 0 fully saturated rings. The Hall–Kier alpha value is -0.950. The van der Waals surface area contributed by atoms with E-state index in [4.69, 9.17) is 9.29 Å². The van der Waals surface area contributed by atoms with Gasteiger partial charge in [-0.2, -0.15) is 0 Å². The van der Waals surface area contributed by atoms with Crippen LogP contribution in [0.4, 0.5) is 0 Å². The third-order valence-electron chi connectivity index (χ3n) is 1.42. The van der Waals surface area contributed by atoms with Crippen molar-refractivity contribution in [3.05, 3.63) is 0 Å². The molecular weight excluding hydrogens is 222 g/mol. The van der Waals surface area contributed by atoms with Gasteiger partial charge in [-0.05, 0) is 6.42 Å². The molecule has 88 valence electrons. The molecule has 0 bridgehead atoms. The second kappa shape index (κ2) is 7.36. The summed E-state index contributed by atoms with van der Waals surface area (Å²) in [7, 11) is 0. The molecule has 1 amide bonds. The largest absolute Gasteiger partial charge is 0.464 e. The number of hydrogen-bond donors (Lipinski definition) is 2. The van der Waals surface area contributed by atoms with Gasteiger partial charge in [-0.3, -0.25) is 4.79 Å². The maximum atomic E-state index is 11.3. The van der Waals surface area contributed by atoms with E-state index in [1.165, 1.54) is 6.92 Å². The molecule has 0 aliphatic rings. The summed E-state index contributed by atoms with van der Waals surface area (Å²) in [5, 5.41) is 2.25. The van der Waals surface area contributed by atoms with E-state index in [2.05, 4.69) is 5.32 Å². The Morgan fingerprint density at radius 2 is 2.13 bits per heavy atom. The summed E-state index contributed by atoms with van der Waals surface area (Å²) < 4.78 is 23.9. The van der Waals surface area contributed by atoms with E-state index in [9.17, 15) is 13.8 Å². The van der Waals surface area contributed by atoms with Crippen LogP contribution < -0.4 is 5.32 Å². The summed E-state index contributed by atoms with van der Waals surface area (Å²) in [5.41, 5.74) is 0. The summed E-state index contributed by atoms with van der Waals surface area (Å²) >= 11 is -2.15. The highest BCUT2D eigenvalue weighted by atomic mass is 32.2. The standard InChI is InChI=1S/C8H15NO5S/c1-3-4-14-8(11)7(5-15(12)13)9-6(2)10/h7H,3-5H2,1-2H3,(H,9,10)(H,12,13). The first kappa shape index (κ1) is 14.1. The van der Waals surface area contributed by atoms with Gasteiger partial charge in [0.1, 0.15) is 6.04 Å². The molecule has 0 aliphatic heterocycles. The molecule has 0 saturated heterocycles. The van der Waals surface area contributed by atoms with Crippen LogP contribution in [0.5, 0.6) is 0 Å². The number of hydrogen-bond acceptors (Lipinski definition) is 4. The van der Waals surface area contributed by atoms with Gasteiger partial charge >= 0.3 is 5.97 Å². The van der Waals surface area contributed by atoms with Gasteiger partial charge in [-0.25, -0.2) is 9.00 Å². The molecule has 0 rings (SSSR count). The van der Waals surface area contributed by atoms with Crippen molar-refractivity contribution in [1.82, 2.24) is 5.32 Å². The van der Waals surface area contributed by atoms with E-state index in [0.29, 0.717) is 6.42 Å². The highest BCUT2D eigenvalue weighted by molar-refractivity contribution is 7.79. The molecule has 2 unspecified atom stereocenters. The zero-order valence-corrected chi connectivity index (χ0v) is 9.50. The van der Waals surface area contributed by atoms with Crippen LogP contribution in [0.25, 0.3) is 0 Å². The van der Waals surface area contributed by atoms with Gasteiger partial charge in [0.25, 0.3) is 0 Å². The Morgan fingerprint density at radius 1 is 1.53 bits per heavy atom. The van der Waals surface area contributed by atoms with Gasteiger partial charge in [0.15, 0.2) is 11.1 Å². The van der Waals surface area contributed by atoms with Crippen molar-refractivity contribution in [3.8, 4) is 0 Å². The fraction of sp³-hybridized carbons (Fsp3) is 0.750. The van der Waals surface area contributed by atoms with Crippen LogP contribution >= 0.6 is 0 Å². The number of nitrogens with one attached hydrogen (secondary N) is 1. The predicted octanol–water partition coefficient (Wildman–Crippen LogP) is -0.334. The highest BCUT2D eigenvalue weighted by Gasteiger charge is 2.22. The second-order valence-electron chi connectivity index (χ2n) is 2.91. The summed E-state index contributed by atoms with van der Waals surface area (Å²) in [6, 6.07) is -1.06. The zero-order valence-electron chi connectivity index (χ0n) is 8.69. The Balaban J connectivity index is 4.26. The minimum Gasteiger partial charge on any atom is -0.464 e. The van der Waals surface area contributed by atoms with Crippen LogP contribution in [0, 0.1) is 0 Å². The van der Waals surface area contributed by atoms with Gasteiger partial charge < -0.3 is 14.6 Å². The lowest BCUT2D eigenvalue weighted by Crippen LogP contribution is -2.44. The molecule has 0 aromatic heterocycles. The van der Waals surface area contributed by atoms with E-state index in [-0.39, 0.29) is 12.4 Å². The van der Waals surface area contributed by atoms with Crippen LogP contribution in [-0.2, 0) is 25.4 Å². The maximum absolute atomic E-state index is 11.3. The van der Waals surface area contributed by atoms with Crippen LogP contribution in [-0.4, -0.2) is 39.0 Å². The summed E-state index contributed by atoms with van der Waals surface area (Å²) in [6.07, 6.45) is 0.654. The van der Waals surface area contributed by atoms with Gasteiger partial charge in [-0.1, -0.05) is 6.92 Å². The lowest BCUT2D eigenvalue weighted by molar-refractivity contribution is -0.147. The first-order chi connectivity index (χ1) is 6.97. The fourth-order valence-electron chi connectivity index (χ4n) is 0.860. The summed E-state index contributed by atoms with van der Waals surface area (Å²) in [4.78, 5) is 22.0. The molecule has 2 atom stereocenters. The van der Waals surface area contributed by atoms with Gasteiger partial charge in [-0.15, -0.1) is 0 Å². The monoisotopic (exact) mass is 237 g/mol. The summed E-state index contributed by atoms with van der Waals surface area (Å²) in [6.45, 7) is 3.28. The minimum atomic E-state index is -2.15. The topological polar surface area (TPSA) is 92.7 Å². The average molecular weight is 237 g/mol. The van der Waals surface area contributed by atoms with E-state index in [1.54, 1.807) is 0 Å². The number of amides is 1. The quantitative estimate of drug-likeness (QED) is 0.487. The average Bonchev–Trinajstić information content (AvgIpc) is 2.11. The van der Waals surface area contributed by atoms with E-state index >= 15 is 0 Å². The predicted molar refractivity (Wildman–Crippen MR) is 54.5 cm³/mol. The molecule has 0 saturated carbocycles. The van der Waals surface area contributed by atoms with Gasteiger partial charge in [0, 0.05) is 6.92 Å². The number of carbonyl (C=O) groups is 2. The second-order valence-corrected chi connectivity index (χ2v) is 3.89. The third-order valence-corrected chi connectivity index (χ3v) is 2.04. The zero-order chi connectivity index (χ0) is 11.8. The van der Waals surface area contributed by atoms with Crippen molar-refractivity contribution < 1.29 is 23.1 Å². The van der Waals surface area contributed by atoms with Crippen LogP contribution in [0.3, 0.4) is 0 Å². The van der Waals surface area contributed by atoms with Gasteiger partial charge in [0.05, 0.1) is 12.4 Å². The third kappa shape index (κ3) is 7.03. The van der Waals surface area contributed by atoms with E-state index in [0.717, 1.165) is 0 Å². The Morgan fingerprint density at radius 3 is 2.53 bits per heavy atom. The van der Waals surface area contributed by atoms with Crippen molar-refractivity contribution >= 4 is 23.0 Å². The SMILES string of the molecule is CCCOC(=O)C(CS(=O)O)NC(C)=O. The van der Waals surface area contributed by atoms with Crippen molar-refractivity contribution in [2.24, 2.45) is 0 Å². The highest BCUT2D eigenvalue weighted by Crippen LogP contribution is 1.94. The van der Waals surface area contributed by atoms with Crippen molar-refractivity contribution in [1.29, 1.82) is 0 Å². The smallest absolute Gasteiger partial charge is 0.329 e. The lowest BCUT2D eigenvalue weighted by atomic mass is 10.3. The van der Waals surface area contributed by atoms with Crippen molar-refractivity contribution in [2.75, 3.05) is 12.4 Å². The number of ether oxygens (including phenoxy) is 1. The Labute approximate surface area is 90.7 Å². The molecule has 15 heavy (non-hydrogen) atoms. The van der Waals surface area contributed by atoms with Crippen LogP contribution in [0.2, 0.25) is 0 Å². The molecule has 0 aromatic rings. The molecule has 0 spiro atoms. The molecule has 0 heterocycles. The summed E-state index contributed by atoms with van der Waals surface area (Å²) in [5.74, 6) is -1.49. The molecule has 0 aliphatic carbocycles. The number of carbonyl (C=O) groups excluding carboxylic acids is 2.